The van der Waals surface area contributed by atoms with E-state index in [0.717, 1.165) is 5.56 Å². The lowest BCUT2D eigenvalue weighted by atomic mass is 10.1. The van der Waals surface area contributed by atoms with Gasteiger partial charge in [0.25, 0.3) is 5.91 Å². The molecule has 0 bridgehead atoms. The number of benzene rings is 1. The van der Waals surface area contributed by atoms with Gasteiger partial charge in [-0.2, -0.15) is 0 Å². The van der Waals surface area contributed by atoms with Gasteiger partial charge in [0.1, 0.15) is 6.04 Å². The number of hydrogen-bond donors (Lipinski definition) is 2. The minimum Gasteiger partial charge on any atom is -0.469 e. The number of anilines is 1. The molecule has 0 saturated heterocycles. The van der Waals surface area contributed by atoms with E-state index in [1.165, 1.54) is 7.11 Å². The van der Waals surface area contributed by atoms with E-state index >= 15 is 0 Å². The van der Waals surface area contributed by atoms with Gasteiger partial charge in [0.15, 0.2) is 0 Å². The number of aryl methyl sites for hydroxylation is 1. The smallest absolute Gasteiger partial charge is 0.308 e. The summed E-state index contributed by atoms with van der Waals surface area (Å²) < 4.78 is 4.51. The Morgan fingerprint density at radius 3 is 2.79 bits per heavy atom. The predicted octanol–water partition coefficient (Wildman–Crippen LogP) is 0.609. The van der Waals surface area contributed by atoms with Crippen molar-refractivity contribution in [1.29, 1.82) is 0 Å². The van der Waals surface area contributed by atoms with Gasteiger partial charge in [-0.1, -0.05) is 12.1 Å². The summed E-state index contributed by atoms with van der Waals surface area (Å²) in [4.78, 5) is 35.3. The molecule has 0 fully saturated rings. The monoisotopic (exact) mass is 262 g/mol. The van der Waals surface area contributed by atoms with Crippen LogP contribution in [-0.2, 0) is 14.3 Å². The van der Waals surface area contributed by atoms with Gasteiger partial charge >= 0.3 is 5.97 Å². The van der Waals surface area contributed by atoms with Gasteiger partial charge in [-0.25, -0.2) is 0 Å². The summed E-state index contributed by atoms with van der Waals surface area (Å²) in [6.45, 7) is 1.78. The predicted molar refractivity (Wildman–Crippen MR) is 67.7 cm³/mol. The third-order valence-corrected chi connectivity index (χ3v) is 2.98. The van der Waals surface area contributed by atoms with Crippen LogP contribution < -0.4 is 10.6 Å². The topological polar surface area (TPSA) is 84.5 Å². The van der Waals surface area contributed by atoms with Gasteiger partial charge in [0.05, 0.1) is 24.8 Å². The molecule has 1 aromatic carbocycles. The van der Waals surface area contributed by atoms with Gasteiger partial charge < -0.3 is 15.4 Å². The minimum atomic E-state index is -0.924. The number of ether oxygens (including phenoxy) is 1. The second-order valence-corrected chi connectivity index (χ2v) is 4.29. The number of carbonyl (C=O) groups excluding carboxylic acids is 3. The molecule has 0 saturated carbocycles. The van der Waals surface area contributed by atoms with E-state index in [4.69, 9.17) is 0 Å². The fraction of sp³-hybridized carbons (Fsp3) is 0.308. The molecule has 0 spiro atoms. The molecule has 0 aliphatic carbocycles. The molecule has 6 heteroatoms. The Kier molecular flexibility index (Phi) is 3.50. The minimum absolute atomic E-state index is 0.193. The second-order valence-electron chi connectivity index (χ2n) is 4.29. The van der Waals surface area contributed by atoms with E-state index in [9.17, 15) is 14.4 Å². The number of carbonyl (C=O) groups is 3. The van der Waals surface area contributed by atoms with Crippen molar-refractivity contribution < 1.29 is 19.1 Å². The molecule has 1 heterocycles. The lowest BCUT2D eigenvalue weighted by Gasteiger charge is -2.12. The zero-order chi connectivity index (χ0) is 14.0. The normalized spacial score (nSPS) is 17.9. The molecule has 1 aliphatic heterocycles. The van der Waals surface area contributed by atoms with E-state index in [-0.39, 0.29) is 12.3 Å². The van der Waals surface area contributed by atoms with Crippen LogP contribution in [-0.4, -0.2) is 30.9 Å². The maximum absolute atomic E-state index is 12.1. The Bertz CT molecular complexity index is 554. The first kappa shape index (κ1) is 13.1. The zero-order valence-electron chi connectivity index (χ0n) is 10.6. The lowest BCUT2D eigenvalue weighted by Crippen LogP contribution is -2.42. The van der Waals surface area contributed by atoms with Crippen molar-refractivity contribution in [1.82, 2.24) is 5.32 Å². The second kappa shape index (κ2) is 5.09. The highest BCUT2D eigenvalue weighted by Crippen LogP contribution is 2.22. The van der Waals surface area contributed by atoms with E-state index in [2.05, 4.69) is 15.4 Å². The van der Waals surface area contributed by atoms with Crippen LogP contribution in [0.15, 0.2) is 18.2 Å². The number of esters is 1. The molecule has 1 atom stereocenters. The summed E-state index contributed by atoms with van der Waals surface area (Å²) in [5.74, 6) is -1.36. The molecule has 0 unspecified atom stereocenters. The number of amides is 2. The first-order valence-corrected chi connectivity index (χ1v) is 5.81. The summed E-state index contributed by atoms with van der Waals surface area (Å²) in [7, 11) is 1.23. The number of hydrogen-bond acceptors (Lipinski definition) is 4. The maximum Gasteiger partial charge on any atom is 0.308 e. The first-order valence-electron chi connectivity index (χ1n) is 5.81. The molecule has 100 valence electrons. The lowest BCUT2D eigenvalue weighted by molar-refractivity contribution is -0.142. The fourth-order valence-corrected chi connectivity index (χ4v) is 1.98. The summed E-state index contributed by atoms with van der Waals surface area (Å²) in [5.41, 5.74) is 1.63. The average molecular weight is 262 g/mol. The van der Waals surface area contributed by atoms with Gasteiger partial charge in [0.2, 0.25) is 5.91 Å². The van der Waals surface area contributed by atoms with E-state index in [1.807, 2.05) is 0 Å². The average Bonchev–Trinajstić information content (AvgIpc) is 2.48. The fourth-order valence-electron chi connectivity index (χ4n) is 1.98. The highest BCUT2D eigenvalue weighted by atomic mass is 16.5. The van der Waals surface area contributed by atoms with E-state index in [1.54, 1.807) is 25.1 Å². The van der Waals surface area contributed by atoms with Crippen molar-refractivity contribution >= 4 is 23.5 Å². The summed E-state index contributed by atoms with van der Waals surface area (Å²) in [6, 6.07) is 4.26. The van der Waals surface area contributed by atoms with Crippen molar-refractivity contribution in [3.05, 3.63) is 29.3 Å². The molecule has 2 amide bonds. The highest BCUT2D eigenvalue weighted by molar-refractivity contribution is 6.11. The van der Waals surface area contributed by atoms with E-state index < -0.39 is 17.9 Å². The Labute approximate surface area is 110 Å². The number of nitrogens with one attached hydrogen (secondary N) is 2. The molecule has 0 aromatic heterocycles. The number of methoxy groups -OCH3 is 1. The van der Waals surface area contributed by atoms with Crippen molar-refractivity contribution in [2.24, 2.45) is 0 Å². The molecule has 2 N–H and O–H groups in total. The molecular weight excluding hydrogens is 248 g/mol. The van der Waals surface area contributed by atoms with Gasteiger partial charge in [-0.3, -0.25) is 14.4 Å². The molecule has 0 radical (unpaired) electrons. The molecular formula is C13H14N2O4. The number of rotatable bonds is 2. The quantitative estimate of drug-likeness (QED) is 0.765. The molecule has 1 aromatic rings. The van der Waals surface area contributed by atoms with Crippen molar-refractivity contribution in [3.63, 3.8) is 0 Å². The first-order chi connectivity index (χ1) is 9.02. The van der Waals surface area contributed by atoms with Gasteiger partial charge in [0, 0.05) is 0 Å². The molecule has 1 aliphatic rings. The van der Waals surface area contributed by atoms with Crippen LogP contribution in [0.3, 0.4) is 0 Å². The SMILES string of the molecule is COC(=O)C[C@@H]1NC(=O)c2c(C)cccc2NC1=O. The molecule has 19 heavy (non-hydrogen) atoms. The Hall–Kier alpha value is -2.37. The van der Waals surface area contributed by atoms with Crippen LogP contribution in [0.4, 0.5) is 5.69 Å². The zero-order valence-corrected chi connectivity index (χ0v) is 10.6. The standard InChI is InChI=1S/C13H14N2O4/c1-7-4-3-5-8-11(7)13(18)15-9(12(17)14-8)6-10(16)19-2/h3-5,9H,6H2,1-2H3,(H,14,17)(H,15,18)/t9-/m0/s1. The molecule has 2 rings (SSSR count). The molecule has 6 nitrogen and oxygen atoms in total. The van der Waals surface area contributed by atoms with Crippen molar-refractivity contribution in [2.75, 3.05) is 12.4 Å². The summed E-state index contributed by atoms with van der Waals surface area (Å²) in [5, 5.41) is 5.18. The van der Waals surface area contributed by atoms with Gasteiger partial charge in [-0.15, -0.1) is 0 Å². The van der Waals surface area contributed by atoms with Gasteiger partial charge in [-0.05, 0) is 18.6 Å². The third kappa shape index (κ3) is 2.57. The van der Waals surface area contributed by atoms with Crippen LogP contribution in [0, 0.1) is 6.92 Å². The maximum atomic E-state index is 12.1. The summed E-state index contributed by atoms with van der Waals surface area (Å²) in [6.07, 6.45) is -0.193. The van der Waals surface area contributed by atoms with Crippen LogP contribution in [0.25, 0.3) is 0 Å². The van der Waals surface area contributed by atoms with Crippen molar-refractivity contribution in [2.45, 2.75) is 19.4 Å². The third-order valence-electron chi connectivity index (χ3n) is 2.98. The Morgan fingerprint density at radius 2 is 2.11 bits per heavy atom. The largest absolute Gasteiger partial charge is 0.469 e. The highest BCUT2D eigenvalue weighted by Gasteiger charge is 2.30. The van der Waals surface area contributed by atoms with Crippen LogP contribution in [0.5, 0.6) is 0 Å². The summed E-state index contributed by atoms with van der Waals surface area (Å²) >= 11 is 0. The van der Waals surface area contributed by atoms with E-state index in [0.29, 0.717) is 11.3 Å². The number of fused-ring (bicyclic) bond motifs is 1. The van der Waals surface area contributed by atoms with Crippen LogP contribution in [0.1, 0.15) is 22.3 Å². The van der Waals surface area contributed by atoms with Crippen LogP contribution in [0.2, 0.25) is 0 Å². The van der Waals surface area contributed by atoms with Crippen molar-refractivity contribution in [3.8, 4) is 0 Å². The Morgan fingerprint density at radius 1 is 1.37 bits per heavy atom. The van der Waals surface area contributed by atoms with Crippen LogP contribution >= 0.6 is 0 Å². The Balaban J connectivity index is 2.31.